The van der Waals surface area contributed by atoms with E-state index in [1.54, 1.807) is 0 Å². The third-order valence-electron chi connectivity index (χ3n) is 2.05. The molecule has 0 aliphatic carbocycles. The smallest absolute Gasteiger partial charge is 0.0301 e. The van der Waals surface area contributed by atoms with E-state index in [-0.39, 0.29) is 0 Å². The minimum Gasteiger partial charge on any atom is -0.271 e. The average Bonchev–Trinajstić information content (AvgIpc) is 2.02. The van der Waals surface area contributed by atoms with E-state index in [4.69, 9.17) is 5.84 Å². The van der Waals surface area contributed by atoms with Crippen LogP contribution in [-0.4, -0.2) is 16.5 Å². The Hall–Kier alpha value is 0.270. The molecule has 0 saturated carbocycles. The maximum atomic E-state index is 5.53. The molecule has 0 radical (unpaired) electrons. The fourth-order valence-electron chi connectivity index (χ4n) is 1.10. The van der Waals surface area contributed by atoms with Crippen LogP contribution in [0.25, 0.3) is 0 Å². The van der Waals surface area contributed by atoms with Crippen LogP contribution in [0.5, 0.6) is 0 Å². The Labute approximate surface area is 93.4 Å². The number of rotatable bonds is 6. The van der Waals surface area contributed by atoms with Gasteiger partial charge < -0.3 is 0 Å². The third-order valence-corrected chi connectivity index (χ3v) is 3.48. The largest absolute Gasteiger partial charge is 0.271 e. The Morgan fingerprint density at radius 2 is 1.79 bits per heavy atom. The summed E-state index contributed by atoms with van der Waals surface area (Å²) in [7, 11) is 0. The van der Waals surface area contributed by atoms with Gasteiger partial charge in [0.1, 0.15) is 0 Å². The van der Waals surface area contributed by atoms with Gasteiger partial charge in [-0.3, -0.25) is 11.3 Å². The summed E-state index contributed by atoms with van der Waals surface area (Å²) in [5.41, 5.74) is 2.91. The summed E-state index contributed by atoms with van der Waals surface area (Å²) >= 11 is 1.98. The Kier molecular flexibility index (Phi) is 6.83. The van der Waals surface area contributed by atoms with E-state index in [0.717, 1.165) is 11.7 Å². The molecule has 0 heterocycles. The predicted octanol–water partition coefficient (Wildman–Crippen LogP) is 2.79. The van der Waals surface area contributed by atoms with Gasteiger partial charge in [0, 0.05) is 16.5 Å². The lowest BCUT2D eigenvalue weighted by atomic mass is 10.0. The summed E-state index contributed by atoms with van der Waals surface area (Å²) in [4.78, 5) is 0. The molecule has 14 heavy (non-hydrogen) atoms. The summed E-state index contributed by atoms with van der Waals surface area (Å²) < 4.78 is 0.340. The molecule has 0 aromatic rings. The van der Waals surface area contributed by atoms with Crippen molar-refractivity contribution in [2.24, 2.45) is 11.8 Å². The van der Waals surface area contributed by atoms with Gasteiger partial charge in [-0.1, -0.05) is 34.6 Å². The normalized spacial score (nSPS) is 14.8. The summed E-state index contributed by atoms with van der Waals surface area (Å²) in [6, 6.07) is 0.460. The molecule has 0 aliphatic rings. The van der Waals surface area contributed by atoms with E-state index in [1.807, 2.05) is 11.8 Å². The third kappa shape index (κ3) is 8.85. The zero-order valence-corrected chi connectivity index (χ0v) is 11.1. The molecule has 86 valence electrons. The molecule has 0 saturated heterocycles. The Balaban J connectivity index is 3.69. The molecule has 3 N–H and O–H groups in total. The molecule has 1 atom stereocenters. The van der Waals surface area contributed by atoms with Crippen molar-refractivity contribution in [3.63, 3.8) is 0 Å². The van der Waals surface area contributed by atoms with Crippen molar-refractivity contribution in [3.05, 3.63) is 0 Å². The first-order chi connectivity index (χ1) is 6.35. The highest BCUT2D eigenvalue weighted by Gasteiger charge is 2.14. The van der Waals surface area contributed by atoms with Gasteiger partial charge in [0.05, 0.1) is 0 Å². The Morgan fingerprint density at radius 3 is 2.14 bits per heavy atom. The number of hydrogen-bond donors (Lipinski definition) is 2. The van der Waals surface area contributed by atoms with E-state index in [9.17, 15) is 0 Å². The Morgan fingerprint density at radius 1 is 1.21 bits per heavy atom. The molecule has 3 heteroatoms. The second-order valence-electron chi connectivity index (χ2n) is 5.26. The van der Waals surface area contributed by atoms with Crippen LogP contribution in [0.2, 0.25) is 0 Å². The maximum absolute atomic E-state index is 5.53. The first-order valence-electron chi connectivity index (χ1n) is 5.45. The minimum absolute atomic E-state index is 0.340. The second kappa shape index (κ2) is 6.70. The molecule has 0 rings (SSSR count). The van der Waals surface area contributed by atoms with E-state index >= 15 is 0 Å². The van der Waals surface area contributed by atoms with Crippen LogP contribution in [-0.2, 0) is 0 Å². The lowest BCUT2D eigenvalue weighted by molar-refractivity contribution is 0.463. The molecule has 2 nitrogen and oxygen atoms in total. The van der Waals surface area contributed by atoms with Crippen molar-refractivity contribution in [1.82, 2.24) is 5.43 Å². The van der Waals surface area contributed by atoms with Crippen molar-refractivity contribution in [3.8, 4) is 0 Å². The maximum Gasteiger partial charge on any atom is 0.0301 e. The lowest BCUT2D eigenvalue weighted by Gasteiger charge is -2.22. The summed E-state index contributed by atoms with van der Waals surface area (Å²) in [5.74, 6) is 7.40. The number of nitrogens with one attached hydrogen (secondary N) is 1. The summed E-state index contributed by atoms with van der Waals surface area (Å²) in [6.45, 7) is 11.2. The quantitative estimate of drug-likeness (QED) is 0.532. The van der Waals surface area contributed by atoms with E-state index in [0.29, 0.717) is 10.8 Å². The van der Waals surface area contributed by atoms with Gasteiger partial charge in [0.25, 0.3) is 0 Å². The lowest BCUT2D eigenvalue weighted by Crippen LogP contribution is -2.38. The van der Waals surface area contributed by atoms with Crippen molar-refractivity contribution in [2.45, 2.75) is 58.2 Å². The van der Waals surface area contributed by atoms with Gasteiger partial charge in [-0.05, 0) is 18.8 Å². The highest BCUT2D eigenvalue weighted by Crippen LogP contribution is 2.24. The Bertz CT molecular complexity index is 141. The second-order valence-corrected chi connectivity index (χ2v) is 7.10. The van der Waals surface area contributed by atoms with Gasteiger partial charge in [0.2, 0.25) is 0 Å². The first-order valence-corrected chi connectivity index (χ1v) is 6.44. The standard InChI is InChI=1S/C11H26N2S/c1-9(2)6-7-10(13-12)8-14-11(3,4)5/h9-10,13H,6-8,12H2,1-5H3. The molecule has 1 unspecified atom stereocenters. The number of hydrazine groups is 1. The van der Waals surface area contributed by atoms with E-state index in [1.165, 1.54) is 12.8 Å². The molecular formula is C11H26N2S. The monoisotopic (exact) mass is 218 g/mol. The zero-order chi connectivity index (χ0) is 11.2. The number of hydrogen-bond acceptors (Lipinski definition) is 3. The fraction of sp³-hybridized carbons (Fsp3) is 1.00. The van der Waals surface area contributed by atoms with Crippen LogP contribution in [0, 0.1) is 5.92 Å². The van der Waals surface area contributed by atoms with Crippen LogP contribution in [0.1, 0.15) is 47.5 Å². The first kappa shape index (κ1) is 14.3. The van der Waals surface area contributed by atoms with Gasteiger partial charge in [-0.25, -0.2) is 0 Å². The van der Waals surface area contributed by atoms with Gasteiger partial charge in [-0.2, -0.15) is 11.8 Å². The highest BCUT2D eigenvalue weighted by atomic mass is 32.2. The van der Waals surface area contributed by atoms with Crippen molar-refractivity contribution >= 4 is 11.8 Å². The summed E-state index contributed by atoms with van der Waals surface area (Å²) in [6.07, 6.45) is 2.43. The highest BCUT2D eigenvalue weighted by molar-refractivity contribution is 8.00. The number of nitrogens with two attached hydrogens (primary N) is 1. The van der Waals surface area contributed by atoms with Crippen LogP contribution in [0.15, 0.2) is 0 Å². The molecule has 0 aromatic carbocycles. The van der Waals surface area contributed by atoms with Crippen LogP contribution in [0.4, 0.5) is 0 Å². The van der Waals surface area contributed by atoms with E-state index in [2.05, 4.69) is 40.0 Å². The topological polar surface area (TPSA) is 38.0 Å². The average molecular weight is 218 g/mol. The molecular weight excluding hydrogens is 192 g/mol. The fourth-order valence-corrected chi connectivity index (χ4v) is 2.06. The summed E-state index contributed by atoms with van der Waals surface area (Å²) in [5, 5.41) is 0. The zero-order valence-electron chi connectivity index (χ0n) is 10.3. The van der Waals surface area contributed by atoms with Gasteiger partial charge >= 0.3 is 0 Å². The van der Waals surface area contributed by atoms with Crippen molar-refractivity contribution in [2.75, 3.05) is 5.75 Å². The molecule has 0 amide bonds. The SMILES string of the molecule is CC(C)CCC(CSC(C)(C)C)NN. The minimum atomic E-state index is 0.340. The van der Waals surface area contributed by atoms with Crippen molar-refractivity contribution in [1.29, 1.82) is 0 Å². The van der Waals surface area contributed by atoms with Crippen molar-refractivity contribution < 1.29 is 0 Å². The molecule has 0 aromatic heterocycles. The molecule has 0 bridgehead atoms. The van der Waals surface area contributed by atoms with Crippen LogP contribution >= 0.6 is 11.8 Å². The van der Waals surface area contributed by atoms with Crippen LogP contribution < -0.4 is 11.3 Å². The molecule has 0 spiro atoms. The predicted molar refractivity (Wildman–Crippen MR) is 67.4 cm³/mol. The molecule has 0 fully saturated rings. The molecule has 0 aliphatic heterocycles. The van der Waals surface area contributed by atoms with Gasteiger partial charge in [-0.15, -0.1) is 0 Å². The van der Waals surface area contributed by atoms with Gasteiger partial charge in [0.15, 0.2) is 0 Å². The van der Waals surface area contributed by atoms with E-state index < -0.39 is 0 Å². The number of thioether (sulfide) groups is 1. The van der Waals surface area contributed by atoms with Crippen LogP contribution in [0.3, 0.4) is 0 Å².